The average molecular weight is 754 g/mol. The monoisotopic (exact) mass is 753 g/mol. The maximum atomic E-state index is 14.6. The summed E-state index contributed by atoms with van der Waals surface area (Å²) in [5.41, 5.74) is 0.686. The topological polar surface area (TPSA) is 224 Å². The highest BCUT2D eigenvalue weighted by Crippen LogP contribution is 2.27. The van der Waals surface area contributed by atoms with E-state index in [1.807, 2.05) is 13.8 Å². The fourth-order valence-corrected chi connectivity index (χ4v) is 7.79. The molecule has 7 amide bonds. The van der Waals surface area contributed by atoms with Gasteiger partial charge in [0.2, 0.25) is 41.4 Å². The zero-order valence-electron chi connectivity index (χ0n) is 31.5. The summed E-state index contributed by atoms with van der Waals surface area (Å²) in [6.45, 7) is 6.99. The van der Waals surface area contributed by atoms with Crippen molar-refractivity contribution in [3.8, 4) is 0 Å². The van der Waals surface area contributed by atoms with Gasteiger partial charge in [-0.1, -0.05) is 50.6 Å². The third-order valence-corrected chi connectivity index (χ3v) is 10.7. The lowest BCUT2D eigenvalue weighted by Gasteiger charge is -2.31. The molecule has 4 aliphatic rings. The van der Waals surface area contributed by atoms with Gasteiger partial charge in [-0.15, -0.1) is 0 Å². The van der Waals surface area contributed by atoms with Crippen LogP contribution in [-0.4, -0.2) is 119 Å². The number of benzene rings is 1. The average Bonchev–Trinajstić information content (AvgIpc) is 3.91. The van der Waals surface area contributed by atoms with Crippen molar-refractivity contribution in [2.24, 2.45) is 11.8 Å². The first kappa shape index (κ1) is 40.6. The number of carbonyl (C=O) groups excluding carboxylic acids is 7. The molecular formula is C38H55N7O9. The summed E-state index contributed by atoms with van der Waals surface area (Å²) in [7, 11) is 0. The third kappa shape index (κ3) is 10.1. The Morgan fingerprint density at radius 3 is 2.24 bits per heavy atom. The second-order valence-electron chi connectivity index (χ2n) is 15.5. The quantitative estimate of drug-likeness (QED) is 0.185. The number of ether oxygens (including phenoxy) is 1. The lowest BCUT2D eigenvalue weighted by atomic mass is 9.98. The highest BCUT2D eigenvalue weighted by atomic mass is 16.5. The number of rotatable bonds is 7. The van der Waals surface area contributed by atoms with Crippen LogP contribution in [-0.2, 0) is 44.7 Å². The highest BCUT2D eigenvalue weighted by molar-refractivity contribution is 5.97. The standard InChI is InChI=1S/C38H55N7O9/c1-20(2)16-27-34(49)44-31(22(4)46)37(52)43-28(17-23-10-6-5-7-11-23)38(53)45-19-24(40-36(51)30-14-9-15-54-30)18-29(45)35(50)39-21(3)32(47)41-26-13-8-12-25(26)33(48)42-27/h5-7,10-11,20-22,24-31,46H,8-9,12-19H2,1-4H3,(H,39,50)(H,40,51)(H,41,47)(H,42,48)(H,43,52)(H,44,49)/t21-,22+,24+,25+,26+,27-,28-,29?,30+,31-/m0/s1. The summed E-state index contributed by atoms with van der Waals surface area (Å²) >= 11 is 0. The number of hydrogen-bond acceptors (Lipinski definition) is 9. The molecule has 7 N–H and O–H groups in total. The number of amides is 7. The SMILES string of the molecule is CC(C)C[C@@H]1NC(=O)[C@@H]2CCC[C@H]2NC(=O)[C@H](C)NC(=O)C2C[C@@H](NC(=O)[C@H]3CCCO3)CN2C(=O)[C@H](Cc2ccccc2)NC(=O)[C@H]([C@@H](C)O)NC1=O. The molecule has 0 bridgehead atoms. The van der Waals surface area contributed by atoms with Crippen LogP contribution < -0.4 is 31.9 Å². The molecule has 3 heterocycles. The van der Waals surface area contributed by atoms with Gasteiger partial charge >= 0.3 is 0 Å². The summed E-state index contributed by atoms with van der Waals surface area (Å²) in [5.74, 6) is -4.78. The predicted octanol–water partition coefficient (Wildman–Crippen LogP) is -0.822. The summed E-state index contributed by atoms with van der Waals surface area (Å²) < 4.78 is 5.54. The van der Waals surface area contributed by atoms with Crippen LogP contribution in [0.4, 0.5) is 0 Å². The van der Waals surface area contributed by atoms with E-state index in [4.69, 9.17) is 4.74 Å². The Bertz CT molecular complexity index is 1550. The second kappa shape index (κ2) is 18.2. The molecule has 0 radical (unpaired) electrons. The minimum Gasteiger partial charge on any atom is -0.391 e. The molecule has 3 saturated heterocycles. The molecule has 1 aromatic carbocycles. The molecule has 0 aromatic heterocycles. The molecule has 54 heavy (non-hydrogen) atoms. The van der Waals surface area contributed by atoms with Crippen LogP contribution in [0.3, 0.4) is 0 Å². The molecule has 1 saturated carbocycles. The minimum absolute atomic E-state index is 0.00269. The second-order valence-corrected chi connectivity index (χ2v) is 15.5. The molecule has 16 nitrogen and oxygen atoms in total. The molecular weight excluding hydrogens is 698 g/mol. The van der Waals surface area contributed by atoms with E-state index in [1.54, 1.807) is 30.3 Å². The van der Waals surface area contributed by atoms with Crippen molar-refractivity contribution in [1.29, 1.82) is 0 Å². The fraction of sp³-hybridized carbons (Fsp3) is 0.658. The Kier molecular flexibility index (Phi) is 13.7. The Morgan fingerprint density at radius 1 is 0.852 bits per heavy atom. The first-order chi connectivity index (χ1) is 25.7. The lowest BCUT2D eigenvalue weighted by Crippen LogP contribution is -2.61. The van der Waals surface area contributed by atoms with E-state index in [0.717, 1.165) is 6.42 Å². The molecule has 0 spiro atoms. The van der Waals surface area contributed by atoms with Crippen molar-refractivity contribution in [1.82, 2.24) is 36.8 Å². The molecule has 5 rings (SSSR count). The van der Waals surface area contributed by atoms with Crippen LogP contribution in [0.1, 0.15) is 78.2 Å². The largest absolute Gasteiger partial charge is 0.391 e. The van der Waals surface area contributed by atoms with E-state index >= 15 is 0 Å². The van der Waals surface area contributed by atoms with Gasteiger partial charge in [-0.25, -0.2) is 0 Å². The van der Waals surface area contributed by atoms with Crippen LogP contribution in [0.2, 0.25) is 0 Å². The van der Waals surface area contributed by atoms with E-state index in [0.29, 0.717) is 37.9 Å². The minimum atomic E-state index is -1.51. The fourth-order valence-electron chi connectivity index (χ4n) is 7.79. The van der Waals surface area contributed by atoms with Crippen molar-refractivity contribution in [3.63, 3.8) is 0 Å². The Hall–Kier alpha value is -4.57. The van der Waals surface area contributed by atoms with Crippen LogP contribution in [0.5, 0.6) is 0 Å². The van der Waals surface area contributed by atoms with Crippen molar-refractivity contribution < 1.29 is 43.4 Å². The van der Waals surface area contributed by atoms with Crippen LogP contribution in [0, 0.1) is 11.8 Å². The van der Waals surface area contributed by atoms with Gasteiger partial charge in [0.1, 0.15) is 36.3 Å². The number of aliphatic hydroxyl groups excluding tert-OH is 1. The van der Waals surface area contributed by atoms with E-state index in [2.05, 4.69) is 31.9 Å². The number of aliphatic hydroxyl groups is 1. The number of hydrogen-bond donors (Lipinski definition) is 7. The van der Waals surface area contributed by atoms with Crippen molar-refractivity contribution >= 4 is 41.4 Å². The van der Waals surface area contributed by atoms with Gasteiger partial charge < -0.3 is 46.6 Å². The van der Waals surface area contributed by atoms with Gasteiger partial charge in [0, 0.05) is 31.7 Å². The molecule has 1 unspecified atom stereocenters. The van der Waals surface area contributed by atoms with Gasteiger partial charge in [0.05, 0.1) is 12.0 Å². The Labute approximate surface area is 315 Å². The van der Waals surface area contributed by atoms with Crippen LogP contribution in [0.15, 0.2) is 30.3 Å². The van der Waals surface area contributed by atoms with Crippen molar-refractivity contribution in [2.45, 2.75) is 134 Å². The Morgan fingerprint density at radius 2 is 1.57 bits per heavy atom. The van der Waals surface area contributed by atoms with Gasteiger partial charge in [0.15, 0.2) is 0 Å². The van der Waals surface area contributed by atoms with E-state index in [9.17, 15) is 38.7 Å². The van der Waals surface area contributed by atoms with Gasteiger partial charge in [-0.05, 0) is 63.9 Å². The number of nitrogens with one attached hydrogen (secondary N) is 6. The van der Waals surface area contributed by atoms with Crippen molar-refractivity contribution in [3.05, 3.63) is 35.9 Å². The van der Waals surface area contributed by atoms with Gasteiger partial charge in [-0.3, -0.25) is 33.6 Å². The predicted molar refractivity (Wildman–Crippen MR) is 195 cm³/mol. The number of fused-ring (bicyclic) bond motifs is 2. The number of carbonyl (C=O) groups is 7. The van der Waals surface area contributed by atoms with E-state index in [-0.39, 0.29) is 37.6 Å². The summed E-state index contributed by atoms with van der Waals surface area (Å²) in [4.78, 5) is 97.8. The lowest BCUT2D eigenvalue weighted by molar-refractivity contribution is -0.143. The normalized spacial score (nSPS) is 32.2. The van der Waals surface area contributed by atoms with Gasteiger partial charge in [-0.2, -0.15) is 0 Å². The summed E-state index contributed by atoms with van der Waals surface area (Å²) in [5, 5.41) is 27.5. The van der Waals surface area contributed by atoms with E-state index in [1.165, 1.54) is 18.7 Å². The maximum Gasteiger partial charge on any atom is 0.249 e. The van der Waals surface area contributed by atoms with E-state index < -0.39 is 95.9 Å². The first-order valence-corrected chi connectivity index (χ1v) is 19.2. The zero-order valence-corrected chi connectivity index (χ0v) is 31.5. The first-order valence-electron chi connectivity index (χ1n) is 19.2. The third-order valence-electron chi connectivity index (χ3n) is 10.7. The molecule has 4 fully saturated rings. The maximum absolute atomic E-state index is 14.6. The molecule has 16 heteroatoms. The highest BCUT2D eigenvalue weighted by Gasteiger charge is 2.45. The summed E-state index contributed by atoms with van der Waals surface area (Å²) in [6, 6.07) is 1.68. The molecule has 296 valence electrons. The van der Waals surface area contributed by atoms with Crippen LogP contribution >= 0.6 is 0 Å². The summed E-state index contributed by atoms with van der Waals surface area (Å²) in [6.07, 6.45) is 1.13. The Balaban J connectivity index is 1.50. The molecule has 10 atom stereocenters. The van der Waals surface area contributed by atoms with Gasteiger partial charge in [0.25, 0.3) is 0 Å². The zero-order chi connectivity index (χ0) is 39.1. The number of nitrogens with zero attached hydrogens (tertiary/aromatic N) is 1. The van der Waals surface area contributed by atoms with Crippen molar-refractivity contribution in [2.75, 3.05) is 13.2 Å². The molecule has 1 aromatic rings. The molecule has 1 aliphatic carbocycles. The molecule has 3 aliphatic heterocycles. The smallest absolute Gasteiger partial charge is 0.249 e. The van der Waals surface area contributed by atoms with Crippen LogP contribution in [0.25, 0.3) is 0 Å².